The Balaban J connectivity index is 0.00000162. The van der Waals surface area contributed by atoms with Crippen LogP contribution in [0.2, 0.25) is 0 Å². The summed E-state index contributed by atoms with van der Waals surface area (Å²) in [7, 11) is 0. The topological polar surface area (TPSA) is 26.0 Å². The van der Waals surface area contributed by atoms with Gasteiger partial charge in [-0.1, -0.05) is 56.3 Å². The fourth-order valence-electron chi connectivity index (χ4n) is 2.13. The molecule has 0 saturated carbocycles. The minimum atomic E-state index is 0. The van der Waals surface area contributed by atoms with Gasteiger partial charge < -0.3 is 5.73 Å². The van der Waals surface area contributed by atoms with Gasteiger partial charge in [0, 0.05) is 11.3 Å². The van der Waals surface area contributed by atoms with Crippen LogP contribution in [0.25, 0.3) is 11.1 Å². The number of hydrogen-bond acceptors (Lipinski definition) is 1. The first kappa shape index (κ1) is 17.8. The first-order valence-electron chi connectivity index (χ1n) is 6.23. The third-order valence-electron chi connectivity index (χ3n) is 3.22. The van der Waals surface area contributed by atoms with E-state index >= 15 is 0 Å². The molecule has 2 rings (SSSR count). The van der Waals surface area contributed by atoms with Gasteiger partial charge in [-0.2, -0.15) is 0 Å². The number of halogens is 2. The summed E-state index contributed by atoms with van der Waals surface area (Å²) in [6.07, 6.45) is 2.04. The molecule has 0 aliphatic carbocycles. The molecule has 0 amide bonds. The molecule has 0 fully saturated rings. The smallest absolute Gasteiger partial charge is 0.0426 e. The second-order valence-corrected chi connectivity index (χ2v) is 4.29. The number of nitrogen functional groups attached to an aromatic ring is 1. The molecule has 0 saturated heterocycles. The molecule has 19 heavy (non-hydrogen) atoms. The summed E-state index contributed by atoms with van der Waals surface area (Å²) in [4.78, 5) is 0. The average Bonchev–Trinajstić information content (AvgIpc) is 2.39. The van der Waals surface area contributed by atoms with Crippen molar-refractivity contribution in [3.8, 4) is 11.1 Å². The monoisotopic (exact) mass is 297 g/mol. The normalized spacial score (nSPS) is 9.37. The molecule has 2 aromatic carbocycles. The molecule has 0 bridgehead atoms. The molecule has 0 spiro atoms. The minimum absolute atomic E-state index is 0. The van der Waals surface area contributed by atoms with E-state index in [1.165, 1.54) is 16.7 Å². The number of aryl methyl sites for hydroxylation is 2. The summed E-state index contributed by atoms with van der Waals surface area (Å²) in [5.41, 5.74) is 12.1. The summed E-state index contributed by atoms with van der Waals surface area (Å²) in [5, 5.41) is 0. The molecule has 2 aromatic rings. The van der Waals surface area contributed by atoms with Crippen molar-refractivity contribution in [1.29, 1.82) is 0 Å². The SMILES string of the molecule is CCc1cccc(-c2cccc(CC)c2N)c1.Cl.Cl. The predicted octanol–water partition coefficient (Wildman–Crippen LogP) is 4.90. The minimum Gasteiger partial charge on any atom is -0.398 e. The van der Waals surface area contributed by atoms with Gasteiger partial charge in [-0.3, -0.25) is 0 Å². The fourth-order valence-corrected chi connectivity index (χ4v) is 2.13. The first-order valence-corrected chi connectivity index (χ1v) is 6.23. The Morgan fingerprint density at radius 2 is 1.58 bits per heavy atom. The molecule has 0 aliphatic rings. The highest BCUT2D eigenvalue weighted by molar-refractivity contribution is 5.85. The highest BCUT2D eigenvalue weighted by Crippen LogP contribution is 2.29. The standard InChI is InChI=1S/C16H19N.2ClH/c1-3-12-7-5-9-14(11-12)15-10-6-8-13(4-2)16(15)17;;/h5-11H,3-4,17H2,1-2H3;2*1H. The first-order chi connectivity index (χ1) is 8.26. The average molecular weight is 298 g/mol. The number of benzene rings is 2. The van der Waals surface area contributed by atoms with Crippen molar-refractivity contribution in [3.63, 3.8) is 0 Å². The maximum atomic E-state index is 6.22. The number of anilines is 1. The van der Waals surface area contributed by atoms with Gasteiger partial charge in [0.1, 0.15) is 0 Å². The Bertz CT molecular complexity index is 524. The zero-order chi connectivity index (χ0) is 12.3. The molecule has 1 nitrogen and oxygen atoms in total. The Hall–Kier alpha value is -1.18. The summed E-state index contributed by atoms with van der Waals surface area (Å²) in [6.45, 7) is 4.31. The van der Waals surface area contributed by atoms with Crippen molar-refractivity contribution in [3.05, 3.63) is 53.6 Å². The molecule has 0 radical (unpaired) electrons. The third-order valence-corrected chi connectivity index (χ3v) is 3.22. The number of nitrogens with two attached hydrogens (primary N) is 1. The van der Waals surface area contributed by atoms with Crippen LogP contribution in [-0.4, -0.2) is 0 Å². The quantitative estimate of drug-likeness (QED) is 0.801. The Labute approximate surface area is 128 Å². The van der Waals surface area contributed by atoms with Crippen LogP contribution in [-0.2, 0) is 12.8 Å². The number of para-hydroxylation sites is 1. The van der Waals surface area contributed by atoms with Gasteiger partial charge in [0.05, 0.1) is 0 Å². The van der Waals surface area contributed by atoms with Crippen LogP contribution >= 0.6 is 24.8 Å². The molecular formula is C16H21Cl2N. The number of hydrogen-bond donors (Lipinski definition) is 1. The van der Waals surface area contributed by atoms with Crippen LogP contribution < -0.4 is 5.73 Å². The molecule has 0 aromatic heterocycles. The lowest BCUT2D eigenvalue weighted by Gasteiger charge is -2.10. The summed E-state index contributed by atoms with van der Waals surface area (Å²) < 4.78 is 0. The highest BCUT2D eigenvalue weighted by atomic mass is 35.5. The van der Waals surface area contributed by atoms with Crippen LogP contribution in [0.15, 0.2) is 42.5 Å². The van der Waals surface area contributed by atoms with Gasteiger partial charge in [0.25, 0.3) is 0 Å². The Morgan fingerprint density at radius 3 is 2.21 bits per heavy atom. The third kappa shape index (κ3) is 3.89. The molecule has 104 valence electrons. The van der Waals surface area contributed by atoms with Gasteiger partial charge in [0.15, 0.2) is 0 Å². The summed E-state index contributed by atoms with van der Waals surface area (Å²) >= 11 is 0. The van der Waals surface area contributed by atoms with Crippen LogP contribution in [0.3, 0.4) is 0 Å². The van der Waals surface area contributed by atoms with Crippen molar-refractivity contribution >= 4 is 30.5 Å². The van der Waals surface area contributed by atoms with E-state index in [1.807, 2.05) is 0 Å². The molecule has 3 heteroatoms. The van der Waals surface area contributed by atoms with E-state index in [0.29, 0.717) is 0 Å². The maximum absolute atomic E-state index is 6.22. The lowest BCUT2D eigenvalue weighted by atomic mass is 9.97. The van der Waals surface area contributed by atoms with Crippen molar-refractivity contribution in [2.24, 2.45) is 0 Å². The zero-order valence-electron chi connectivity index (χ0n) is 11.3. The van der Waals surface area contributed by atoms with Gasteiger partial charge in [-0.25, -0.2) is 0 Å². The fraction of sp³-hybridized carbons (Fsp3) is 0.250. The second-order valence-electron chi connectivity index (χ2n) is 4.29. The second kappa shape index (κ2) is 8.08. The zero-order valence-corrected chi connectivity index (χ0v) is 13.0. The molecule has 0 aliphatic heterocycles. The van der Waals surface area contributed by atoms with Crippen LogP contribution in [0.1, 0.15) is 25.0 Å². The van der Waals surface area contributed by atoms with Crippen molar-refractivity contribution in [2.75, 3.05) is 5.73 Å². The molecule has 2 N–H and O–H groups in total. The highest BCUT2D eigenvalue weighted by Gasteiger charge is 2.05. The molecule has 0 heterocycles. The van der Waals surface area contributed by atoms with Gasteiger partial charge >= 0.3 is 0 Å². The predicted molar refractivity (Wildman–Crippen MR) is 89.5 cm³/mol. The van der Waals surface area contributed by atoms with E-state index in [1.54, 1.807) is 0 Å². The van der Waals surface area contributed by atoms with E-state index < -0.39 is 0 Å². The van der Waals surface area contributed by atoms with E-state index in [9.17, 15) is 0 Å². The molecule has 0 atom stereocenters. The van der Waals surface area contributed by atoms with Gasteiger partial charge in [0.2, 0.25) is 0 Å². The van der Waals surface area contributed by atoms with Crippen molar-refractivity contribution in [2.45, 2.75) is 26.7 Å². The molecular weight excluding hydrogens is 277 g/mol. The Morgan fingerprint density at radius 1 is 0.895 bits per heavy atom. The van der Waals surface area contributed by atoms with Crippen LogP contribution in [0.5, 0.6) is 0 Å². The van der Waals surface area contributed by atoms with Gasteiger partial charge in [-0.05, 0) is 29.5 Å². The van der Waals surface area contributed by atoms with Crippen molar-refractivity contribution in [1.82, 2.24) is 0 Å². The van der Waals surface area contributed by atoms with E-state index in [0.717, 1.165) is 24.1 Å². The largest absolute Gasteiger partial charge is 0.398 e. The van der Waals surface area contributed by atoms with Crippen molar-refractivity contribution < 1.29 is 0 Å². The summed E-state index contributed by atoms with van der Waals surface area (Å²) in [5.74, 6) is 0. The molecule has 0 unspecified atom stereocenters. The van der Waals surface area contributed by atoms with E-state index in [2.05, 4.69) is 56.3 Å². The lowest BCUT2D eigenvalue weighted by molar-refractivity contribution is 1.14. The number of rotatable bonds is 3. The van der Waals surface area contributed by atoms with E-state index in [-0.39, 0.29) is 24.8 Å². The van der Waals surface area contributed by atoms with Crippen LogP contribution in [0, 0.1) is 0 Å². The van der Waals surface area contributed by atoms with E-state index in [4.69, 9.17) is 5.73 Å². The van der Waals surface area contributed by atoms with Crippen LogP contribution in [0.4, 0.5) is 5.69 Å². The maximum Gasteiger partial charge on any atom is 0.0426 e. The van der Waals surface area contributed by atoms with Gasteiger partial charge in [-0.15, -0.1) is 24.8 Å². The summed E-state index contributed by atoms with van der Waals surface area (Å²) in [6, 6.07) is 14.9. The Kier molecular flexibility index (Phi) is 7.58. The lowest BCUT2D eigenvalue weighted by Crippen LogP contribution is -1.96.